The molecule has 0 saturated carbocycles. The first-order valence-corrected chi connectivity index (χ1v) is 6.98. The second-order valence-corrected chi connectivity index (χ2v) is 5.37. The summed E-state index contributed by atoms with van der Waals surface area (Å²) in [5, 5.41) is 24.2. The Hall–Kier alpha value is -1.32. The molecule has 2 rings (SSSR count). The number of aromatic nitrogens is 1. The summed E-state index contributed by atoms with van der Waals surface area (Å²) in [7, 11) is 0. The maximum Gasteiger partial charge on any atom is 0.281 e. The fraction of sp³-hybridized carbons (Fsp3) is 0. The van der Waals surface area contributed by atoms with E-state index in [2.05, 4.69) is 19.9 Å². The van der Waals surface area contributed by atoms with Crippen molar-refractivity contribution in [3.8, 4) is 10.8 Å². The normalized spacial score (nSPS) is 10.2. The quantitative estimate of drug-likeness (QED) is 0.380. The van der Waals surface area contributed by atoms with Crippen molar-refractivity contribution in [2.24, 2.45) is 0 Å². The monoisotopic (exact) mass is 351 g/mol. The zero-order valence-corrected chi connectivity index (χ0v) is 12.7. The lowest BCUT2D eigenvalue weighted by Crippen LogP contribution is -2.19. The molecule has 2 aromatic rings. The van der Waals surface area contributed by atoms with Gasteiger partial charge in [-0.3, -0.25) is 0 Å². The number of hydrogen-bond donors (Lipinski definition) is 4. The highest BCUT2D eigenvalue weighted by Crippen LogP contribution is 2.37. The number of nitrogens with one attached hydrogen (secondary N) is 2. The Balaban J connectivity index is 2.09. The molecule has 0 unspecified atom stereocenters. The van der Waals surface area contributed by atoms with Gasteiger partial charge in [0.05, 0.1) is 15.7 Å². The van der Waals surface area contributed by atoms with Crippen molar-refractivity contribution in [1.29, 1.82) is 0 Å². The average molecular weight is 352 g/mol. The summed E-state index contributed by atoms with van der Waals surface area (Å²) in [4.78, 5) is 3.92. The molecule has 0 fully saturated rings. The fourth-order valence-corrected chi connectivity index (χ4v) is 2.35. The molecule has 10 heteroatoms. The summed E-state index contributed by atoms with van der Waals surface area (Å²) in [6, 6.07) is 5.03. The molecular formula is C10H7Cl2N3O3S2. The maximum absolute atomic E-state index is 9.61. The molecule has 0 aliphatic carbocycles. The predicted octanol–water partition coefficient (Wildman–Crippen LogP) is 3.82. The smallest absolute Gasteiger partial charge is 0.281 e. The number of hydrogen-bond acceptors (Lipinski definition) is 6. The molecule has 4 N–H and O–H groups in total. The molecule has 20 heavy (non-hydrogen) atoms. The van der Waals surface area contributed by atoms with E-state index in [4.69, 9.17) is 40.7 Å². The lowest BCUT2D eigenvalue weighted by Gasteiger charge is -2.10. The van der Waals surface area contributed by atoms with E-state index in [9.17, 15) is 5.11 Å². The Morgan fingerprint density at radius 1 is 1.35 bits per heavy atom. The van der Waals surface area contributed by atoms with Gasteiger partial charge >= 0.3 is 0 Å². The first kappa shape index (κ1) is 15.1. The third kappa shape index (κ3) is 3.22. The van der Waals surface area contributed by atoms with Crippen molar-refractivity contribution >= 4 is 63.6 Å². The van der Waals surface area contributed by atoms with E-state index in [0.29, 0.717) is 15.7 Å². The third-order valence-electron chi connectivity index (χ3n) is 2.15. The van der Waals surface area contributed by atoms with Crippen molar-refractivity contribution in [1.82, 2.24) is 4.37 Å². The van der Waals surface area contributed by atoms with E-state index in [1.807, 2.05) is 0 Å². The van der Waals surface area contributed by atoms with Gasteiger partial charge in [-0.2, -0.15) is 4.37 Å². The predicted molar refractivity (Wildman–Crippen MR) is 83.3 cm³/mol. The van der Waals surface area contributed by atoms with Gasteiger partial charge in [-0.15, -0.1) is 0 Å². The Morgan fingerprint density at radius 3 is 2.75 bits per heavy atom. The number of anilines is 2. The van der Waals surface area contributed by atoms with Crippen molar-refractivity contribution in [2.75, 3.05) is 10.6 Å². The lowest BCUT2D eigenvalue weighted by molar-refractivity contribution is -0.135. The molecule has 0 radical (unpaired) electrons. The molecule has 1 heterocycles. The largest absolute Gasteiger partial charge is 0.501 e. The number of halogens is 2. The van der Waals surface area contributed by atoms with E-state index in [0.717, 1.165) is 11.5 Å². The fourth-order valence-electron chi connectivity index (χ4n) is 1.27. The van der Waals surface area contributed by atoms with Crippen LogP contribution in [0.4, 0.5) is 11.5 Å². The van der Waals surface area contributed by atoms with Crippen LogP contribution in [-0.2, 0) is 0 Å². The van der Waals surface area contributed by atoms with Crippen molar-refractivity contribution < 1.29 is 15.3 Å². The van der Waals surface area contributed by atoms with Crippen molar-refractivity contribution in [2.45, 2.75) is 0 Å². The van der Waals surface area contributed by atoms with Gasteiger partial charge in [0.15, 0.2) is 10.9 Å². The minimum atomic E-state index is -0.348. The van der Waals surface area contributed by atoms with E-state index < -0.39 is 0 Å². The number of aromatic hydroxyl groups is 1. The topological polar surface area (TPSA) is 86.6 Å². The Labute approximate surface area is 133 Å². The summed E-state index contributed by atoms with van der Waals surface area (Å²) < 4.78 is 3.82. The molecule has 0 amide bonds. The Kier molecular flexibility index (Phi) is 4.84. The van der Waals surface area contributed by atoms with Crippen LogP contribution in [0.5, 0.6) is 10.8 Å². The summed E-state index contributed by atoms with van der Waals surface area (Å²) in [5.74, 6) is -0.298. The highest BCUT2D eigenvalue weighted by atomic mass is 35.5. The van der Waals surface area contributed by atoms with E-state index >= 15 is 0 Å². The summed E-state index contributed by atoms with van der Waals surface area (Å²) in [6.45, 7) is 0. The van der Waals surface area contributed by atoms with Gasteiger partial charge in [-0.1, -0.05) is 29.3 Å². The molecule has 0 aliphatic heterocycles. The van der Waals surface area contributed by atoms with Crippen LogP contribution in [0.15, 0.2) is 18.2 Å². The standard InChI is InChI=1S/C10H7Cl2N3O3S2/c11-4-2-1-3-5(6(4)12)13-10(19)14-8-7(16)9(18-17)20-15-8/h1-3,16-17H,(H2,13,14,15,19). The molecule has 0 spiro atoms. The van der Waals surface area contributed by atoms with Crippen molar-refractivity contribution in [3.05, 3.63) is 28.2 Å². The average Bonchev–Trinajstić information content (AvgIpc) is 2.76. The first-order chi connectivity index (χ1) is 9.52. The van der Waals surface area contributed by atoms with Crippen LogP contribution in [-0.4, -0.2) is 19.8 Å². The van der Waals surface area contributed by atoms with Crippen molar-refractivity contribution in [3.63, 3.8) is 0 Å². The number of rotatable bonds is 3. The highest BCUT2D eigenvalue weighted by molar-refractivity contribution is 7.80. The van der Waals surface area contributed by atoms with E-state index in [-0.39, 0.29) is 21.7 Å². The van der Waals surface area contributed by atoms with Crippen LogP contribution in [0.2, 0.25) is 10.0 Å². The van der Waals surface area contributed by atoms with Crippen LogP contribution in [0, 0.1) is 0 Å². The van der Waals surface area contributed by atoms with Crippen LogP contribution in [0.3, 0.4) is 0 Å². The summed E-state index contributed by atoms with van der Waals surface area (Å²) in [6.07, 6.45) is 0. The van der Waals surface area contributed by atoms with Gasteiger partial charge in [0.25, 0.3) is 5.06 Å². The molecular weight excluding hydrogens is 345 g/mol. The molecule has 6 nitrogen and oxygen atoms in total. The third-order valence-corrected chi connectivity index (χ3v) is 3.88. The van der Waals surface area contributed by atoms with Gasteiger partial charge in [0.2, 0.25) is 5.75 Å². The van der Waals surface area contributed by atoms with Crippen LogP contribution in [0.25, 0.3) is 0 Å². The maximum atomic E-state index is 9.61. The van der Waals surface area contributed by atoms with Crippen LogP contribution >= 0.6 is 47.0 Å². The Morgan fingerprint density at radius 2 is 2.10 bits per heavy atom. The minimum absolute atomic E-state index is 0.0506. The first-order valence-electron chi connectivity index (χ1n) is 5.05. The number of nitrogens with zero attached hydrogens (tertiary/aromatic N) is 1. The SMILES string of the molecule is OOc1snc(NC(=S)Nc2cccc(Cl)c2Cl)c1O. The van der Waals surface area contributed by atoms with E-state index in [1.54, 1.807) is 18.2 Å². The van der Waals surface area contributed by atoms with Crippen LogP contribution < -0.4 is 15.5 Å². The molecule has 0 aliphatic rings. The second-order valence-electron chi connectivity index (χ2n) is 3.44. The highest BCUT2D eigenvalue weighted by Gasteiger charge is 2.16. The van der Waals surface area contributed by atoms with Gasteiger partial charge in [0.1, 0.15) is 0 Å². The van der Waals surface area contributed by atoms with Crippen LogP contribution in [0.1, 0.15) is 0 Å². The number of thiocarbonyl (C=S) groups is 1. The number of benzene rings is 1. The molecule has 1 aromatic heterocycles. The summed E-state index contributed by atoms with van der Waals surface area (Å²) in [5.41, 5.74) is 0.505. The van der Waals surface area contributed by atoms with Gasteiger partial charge in [-0.25, -0.2) is 5.26 Å². The molecule has 0 saturated heterocycles. The molecule has 106 valence electrons. The minimum Gasteiger partial charge on any atom is -0.501 e. The summed E-state index contributed by atoms with van der Waals surface area (Å²) >= 11 is 17.7. The zero-order valence-electron chi connectivity index (χ0n) is 9.55. The van der Waals surface area contributed by atoms with E-state index in [1.165, 1.54) is 0 Å². The molecule has 0 bridgehead atoms. The lowest BCUT2D eigenvalue weighted by atomic mass is 10.3. The molecule has 0 atom stereocenters. The zero-order chi connectivity index (χ0) is 14.7. The van der Waals surface area contributed by atoms with Gasteiger partial charge < -0.3 is 20.6 Å². The van der Waals surface area contributed by atoms with Gasteiger partial charge in [-0.05, 0) is 24.4 Å². The molecule has 1 aromatic carbocycles. The second kappa shape index (κ2) is 6.42. The van der Waals surface area contributed by atoms with Gasteiger partial charge in [0, 0.05) is 11.5 Å². The Bertz CT molecular complexity index is 651.